The summed E-state index contributed by atoms with van der Waals surface area (Å²) in [6.07, 6.45) is 4.85. The van der Waals surface area contributed by atoms with Gasteiger partial charge >= 0.3 is 0 Å². The molecular formula is C25H28N2O3. The van der Waals surface area contributed by atoms with Gasteiger partial charge in [0.05, 0.1) is 13.2 Å². The molecule has 2 aliphatic rings. The molecule has 2 amide bonds. The van der Waals surface area contributed by atoms with E-state index in [0.717, 1.165) is 24.0 Å². The van der Waals surface area contributed by atoms with E-state index in [4.69, 9.17) is 4.74 Å². The van der Waals surface area contributed by atoms with Crippen molar-refractivity contribution in [2.75, 3.05) is 32.8 Å². The van der Waals surface area contributed by atoms with Crippen LogP contribution in [0.5, 0.6) is 0 Å². The summed E-state index contributed by atoms with van der Waals surface area (Å²) < 4.78 is 5.89. The molecule has 2 saturated heterocycles. The first-order chi connectivity index (χ1) is 14.7. The lowest BCUT2D eigenvalue weighted by Gasteiger charge is -2.37. The van der Waals surface area contributed by atoms with Gasteiger partial charge in [-0.3, -0.25) is 9.59 Å². The Kier molecular flexibility index (Phi) is 6.60. The first-order valence-corrected chi connectivity index (χ1v) is 10.7. The second-order valence-corrected chi connectivity index (χ2v) is 7.90. The van der Waals surface area contributed by atoms with Crippen molar-refractivity contribution in [1.29, 1.82) is 0 Å². The van der Waals surface area contributed by atoms with E-state index in [0.29, 0.717) is 32.8 Å². The quantitative estimate of drug-likeness (QED) is 0.733. The van der Waals surface area contributed by atoms with Crippen LogP contribution >= 0.6 is 0 Å². The summed E-state index contributed by atoms with van der Waals surface area (Å²) in [6, 6.07) is 19.9. The highest BCUT2D eigenvalue weighted by atomic mass is 16.5. The average Bonchev–Trinajstić information content (AvgIpc) is 2.83. The lowest BCUT2D eigenvalue weighted by molar-refractivity contribution is -0.146. The molecule has 4 rings (SSSR count). The van der Waals surface area contributed by atoms with E-state index in [1.807, 2.05) is 76.5 Å². The number of amides is 2. The molecule has 2 fully saturated rings. The highest BCUT2D eigenvalue weighted by Gasteiger charge is 2.32. The lowest BCUT2D eigenvalue weighted by atomic mass is 9.94. The minimum absolute atomic E-state index is 0.0123. The Bertz CT molecular complexity index is 874. The zero-order valence-corrected chi connectivity index (χ0v) is 17.2. The smallest absolute Gasteiger partial charge is 0.246 e. The molecule has 156 valence electrons. The second kappa shape index (κ2) is 9.72. The molecule has 2 aromatic rings. The van der Waals surface area contributed by atoms with E-state index >= 15 is 0 Å². The van der Waals surface area contributed by atoms with Gasteiger partial charge in [-0.05, 0) is 30.0 Å². The maximum Gasteiger partial charge on any atom is 0.246 e. The number of benzene rings is 2. The largest absolute Gasteiger partial charge is 0.370 e. The van der Waals surface area contributed by atoms with Crippen LogP contribution in [0.3, 0.4) is 0 Å². The third-order valence-corrected chi connectivity index (χ3v) is 5.92. The fraction of sp³-hybridized carbons (Fsp3) is 0.360. The topological polar surface area (TPSA) is 49.9 Å². The third kappa shape index (κ3) is 4.97. The standard InChI is InChI=1S/C25H28N2O3/c28-24(12-11-20-7-3-1-4-8-20)26-15-13-22(14-16-26)25(29)27-17-18-30-23(19-27)21-9-5-2-6-10-21/h1-12,22-23H,13-19H2. The predicted molar refractivity (Wildman–Crippen MR) is 116 cm³/mol. The van der Waals surface area contributed by atoms with Gasteiger partial charge in [0.25, 0.3) is 0 Å². The van der Waals surface area contributed by atoms with Crippen LogP contribution in [-0.4, -0.2) is 54.4 Å². The molecule has 0 saturated carbocycles. The molecule has 2 heterocycles. The van der Waals surface area contributed by atoms with Gasteiger partial charge in [-0.2, -0.15) is 0 Å². The van der Waals surface area contributed by atoms with Gasteiger partial charge in [-0.1, -0.05) is 60.7 Å². The molecule has 0 spiro atoms. The molecule has 0 bridgehead atoms. The van der Waals surface area contributed by atoms with Crippen LogP contribution in [0.2, 0.25) is 0 Å². The van der Waals surface area contributed by atoms with Crippen LogP contribution in [-0.2, 0) is 14.3 Å². The molecule has 1 unspecified atom stereocenters. The van der Waals surface area contributed by atoms with Crippen LogP contribution < -0.4 is 0 Å². The van der Waals surface area contributed by atoms with Crippen LogP contribution in [0, 0.1) is 5.92 Å². The van der Waals surface area contributed by atoms with Crippen molar-refractivity contribution in [3.63, 3.8) is 0 Å². The first kappa shape index (κ1) is 20.4. The fourth-order valence-electron chi connectivity index (χ4n) is 4.16. The first-order valence-electron chi connectivity index (χ1n) is 10.7. The zero-order chi connectivity index (χ0) is 20.8. The van der Waals surface area contributed by atoms with Crippen LogP contribution in [0.1, 0.15) is 30.1 Å². The Hall–Kier alpha value is -2.92. The highest BCUT2D eigenvalue weighted by Crippen LogP contribution is 2.26. The molecule has 2 aliphatic heterocycles. The Labute approximate surface area is 177 Å². The molecule has 5 nitrogen and oxygen atoms in total. The summed E-state index contributed by atoms with van der Waals surface area (Å²) in [5, 5.41) is 0. The molecule has 30 heavy (non-hydrogen) atoms. The summed E-state index contributed by atoms with van der Waals surface area (Å²) in [5.41, 5.74) is 2.12. The minimum atomic E-state index is -0.0614. The van der Waals surface area contributed by atoms with Crippen LogP contribution in [0.15, 0.2) is 66.7 Å². The van der Waals surface area contributed by atoms with Gasteiger partial charge in [0.2, 0.25) is 11.8 Å². The number of ether oxygens (including phenoxy) is 1. The maximum absolute atomic E-state index is 13.1. The van der Waals surface area contributed by atoms with E-state index in [-0.39, 0.29) is 23.8 Å². The number of hydrogen-bond acceptors (Lipinski definition) is 3. The highest BCUT2D eigenvalue weighted by molar-refractivity contribution is 5.92. The molecule has 0 aliphatic carbocycles. The summed E-state index contributed by atoms with van der Waals surface area (Å²) in [4.78, 5) is 29.3. The lowest BCUT2D eigenvalue weighted by Crippen LogP contribution is -2.48. The van der Waals surface area contributed by atoms with E-state index in [1.54, 1.807) is 6.08 Å². The molecule has 5 heteroatoms. The number of hydrogen-bond donors (Lipinski definition) is 0. The van der Waals surface area contributed by atoms with Gasteiger partial charge < -0.3 is 14.5 Å². The van der Waals surface area contributed by atoms with Gasteiger partial charge in [-0.15, -0.1) is 0 Å². The maximum atomic E-state index is 13.1. The fourth-order valence-corrected chi connectivity index (χ4v) is 4.16. The molecule has 0 N–H and O–H groups in total. The van der Waals surface area contributed by atoms with E-state index in [1.165, 1.54) is 0 Å². The predicted octanol–water partition coefficient (Wildman–Crippen LogP) is 3.54. The molecular weight excluding hydrogens is 376 g/mol. The zero-order valence-electron chi connectivity index (χ0n) is 17.2. The number of piperidine rings is 1. The van der Waals surface area contributed by atoms with Gasteiger partial charge in [0, 0.05) is 31.6 Å². The number of nitrogens with zero attached hydrogens (tertiary/aromatic N) is 2. The van der Waals surface area contributed by atoms with Crippen molar-refractivity contribution >= 4 is 17.9 Å². The SMILES string of the molecule is O=C(C=Cc1ccccc1)N1CCC(C(=O)N2CCOC(c3ccccc3)C2)CC1. The summed E-state index contributed by atoms with van der Waals surface area (Å²) in [7, 11) is 0. The average molecular weight is 405 g/mol. The Morgan fingerprint density at radius 2 is 1.53 bits per heavy atom. The van der Waals surface area contributed by atoms with Gasteiger partial charge in [0.15, 0.2) is 0 Å². The van der Waals surface area contributed by atoms with Crippen molar-refractivity contribution in [3.8, 4) is 0 Å². The number of carbonyl (C=O) groups excluding carboxylic acids is 2. The van der Waals surface area contributed by atoms with E-state index in [9.17, 15) is 9.59 Å². The van der Waals surface area contributed by atoms with Crippen LogP contribution in [0.25, 0.3) is 6.08 Å². The normalized spacial score (nSPS) is 20.5. The van der Waals surface area contributed by atoms with Crippen molar-refractivity contribution < 1.29 is 14.3 Å². The van der Waals surface area contributed by atoms with E-state index in [2.05, 4.69) is 0 Å². The summed E-state index contributed by atoms with van der Waals surface area (Å²) >= 11 is 0. The Morgan fingerprint density at radius 3 is 2.23 bits per heavy atom. The van der Waals surface area contributed by atoms with Crippen molar-refractivity contribution in [2.24, 2.45) is 5.92 Å². The second-order valence-electron chi connectivity index (χ2n) is 7.90. The molecule has 2 aromatic carbocycles. The molecule has 1 atom stereocenters. The minimum Gasteiger partial charge on any atom is -0.370 e. The molecule has 0 aromatic heterocycles. The number of carbonyl (C=O) groups is 2. The molecule has 0 radical (unpaired) electrons. The number of rotatable bonds is 4. The third-order valence-electron chi connectivity index (χ3n) is 5.92. The Balaban J connectivity index is 1.29. The summed E-state index contributed by atoms with van der Waals surface area (Å²) in [6.45, 7) is 3.05. The monoisotopic (exact) mass is 404 g/mol. The van der Waals surface area contributed by atoms with Crippen molar-refractivity contribution in [3.05, 3.63) is 77.9 Å². The van der Waals surface area contributed by atoms with Crippen LogP contribution in [0.4, 0.5) is 0 Å². The van der Waals surface area contributed by atoms with Gasteiger partial charge in [0.1, 0.15) is 6.10 Å². The number of morpholine rings is 1. The van der Waals surface area contributed by atoms with Crippen molar-refractivity contribution in [1.82, 2.24) is 9.80 Å². The Morgan fingerprint density at radius 1 is 0.867 bits per heavy atom. The van der Waals surface area contributed by atoms with Crippen molar-refractivity contribution in [2.45, 2.75) is 18.9 Å². The summed E-state index contributed by atoms with van der Waals surface area (Å²) in [5.74, 6) is 0.202. The van der Waals surface area contributed by atoms with Gasteiger partial charge in [-0.25, -0.2) is 0 Å². The van der Waals surface area contributed by atoms with E-state index < -0.39 is 0 Å². The number of likely N-dealkylation sites (tertiary alicyclic amines) is 1.